The summed E-state index contributed by atoms with van der Waals surface area (Å²) in [6.45, 7) is 18.3. The van der Waals surface area contributed by atoms with Crippen molar-refractivity contribution in [3.05, 3.63) is 97.1 Å². The Morgan fingerprint density at radius 1 is 1.02 bits per heavy atom. The Hall–Kier alpha value is -3.75. The molecule has 46 heavy (non-hydrogen) atoms. The quantitative estimate of drug-likeness (QED) is 0.347. The van der Waals surface area contributed by atoms with Crippen molar-refractivity contribution in [1.82, 2.24) is 14.7 Å². The van der Waals surface area contributed by atoms with Crippen LogP contribution in [0.3, 0.4) is 0 Å². The van der Waals surface area contributed by atoms with E-state index in [1.54, 1.807) is 26.9 Å². The van der Waals surface area contributed by atoms with Crippen LogP contribution in [0.4, 0.5) is 0 Å². The van der Waals surface area contributed by atoms with Gasteiger partial charge in [0.1, 0.15) is 11.6 Å². The summed E-state index contributed by atoms with van der Waals surface area (Å²) in [7, 11) is 0. The minimum absolute atomic E-state index is 0.104. The van der Waals surface area contributed by atoms with E-state index in [4.69, 9.17) is 4.74 Å². The normalized spacial score (nSPS) is 28.9. The zero-order valence-corrected chi connectivity index (χ0v) is 27.9. The third kappa shape index (κ3) is 5.60. The first-order valence-electron chi connectivity index (χ1n) is 16.4. The minimum Gasteiger partial charge on any atom is -0.394 e. The number of hydrogen-bond donors (Lipinski definition) is 1. The summed E-state index contributed by atoms with van der Waals surface area (Å²) in [5, 5.41) is 10.8. The van der Waals surface area contributed by atoms with Gasteiger partial charge in [-0.15, -0.1) is 13.2 Å². The Labute approximate surface area is 273 Å². The minimum atomic E-state index is -1.23. The lowest BCUT2D eigenvalue weighted by Gasteiger charge is -2.43. The van der Waals surface area contributed by atoms with Crippen molar-refractivity contribution in [2.45, 2.75) is 82.8 Å². The van der Waals surface area contributed by atoms with Crippen molar-refractivity contribution < 1.29 is 24.2 Å². The fraction of sp³-hybridized carbons (Fsp3) is 0.500. The molecule has 246 valence electrons. The maximum atomic E-state index is 15.0. The summed E-state index contributed by atoms with van der Waals surface area (Å²) in [4.78, 5) is 49.7. The zero-order valence-electron chi connectivity index (χ0n) is 27.9. The van der Waals surface area contributed by atoms with Gasteiger partial charge in [-0.2, -0.15) is 0 Å². The smallest absolute Gasteiger partial charge is 0.249 e. The molecule has 0 saturated carbocycles. The van der Waals surface area contributed by atoms with Gasteiger partial charge < -0.3 is 24.5 Å². The lowest BCUT2D eigenvalue weighted by atomic mass is 9.62. The molecule has 8 nitrogen and oxygen atoms in total. The number of aliphatic hydroxyl groups excluding tert-OH is 1. The molecule has 2 aromatic rings. The first-order chi connectivity index (χ1) is 21.8. The van der Waals surface area contributed by atoms with Gasteiger partial charge >= 0.3 is 0 Å². The first-order valence-corrected chi connectivity index (χ1v) is 16.4. The van der Waals surface area contributed by atoms with Crippen molar-refractivity contribution in [2.24, 2.45) is 17.8 Å². The Morgan fingerprint density at radius 3 is 2.15 bits per heavy atom. The van der Waals surface area contributed by atoms with E-state index in [-0.39, 0.29) is 36.8 Å². The van der Waals surface area contributed by atoms with Gasteiger partial charge in [0.25, 0.3) is 0 Å². The summed E-state index contributed by atoms with van der Waals surface area (Å²) in [5.41, 5.74) is -0.871. The monoisotopic (exact) mass is 627 g/mol. The second-order valence-corrected chi connectivity index (χ2v) is 14.4. The predicted molar refractivity (Wildman–Crippen MR) is 178 cm³/mol. The van der Waals surface area contributed by atoms with Crippen LogP contribution < -0.4 is 0 Å². The zero-order chi connectivity index (χ0) is 33.4. The Bertz CT molecular complexity index is 1460. The van der Waals surface area contributed by atoms with Crippen LogP contribution >= 0.6 is 0 Å². The fourth-order valence-electron chi connectivity index (χ4n) is 8.22. The number of carbonyl (C=O) groups excluding carboxylic acids is 3. The van der Waals surface area contributed by atoms with Gasteiger partial charge in [-0.3, -0.25) is 14.4 Å². The lowest BCUT2D eigenvalue weighted by Crippen LogP contribution is -2.62. The highest BCUT2D eigenvalue weighted by atomic mass is 16.5. The molecule has 5 rings (SSSR count). The molecule has 1 N–H and O–H groups in total. The average Bonchev–Trinajstić information content (AvgIpc) is 3.54. The van der Waals surface area contributed by atoms with E-state index in [0.717, 1.165) is 11.1 Å². The molecule has 1 spiro atoms. The average molecular weight is 628 g/mol. The summed E-state index contributed by atoms with van der Waals surface area (Å²) in [6.07, 6.45) is 4.19. The fourth-order valence-corrected chi connectivity index (χ4v) is 8.22. The maximum absolute atomic E-state index is 15.0. The van der Waals surface area contributed by atoms with Crippen molar-refractivity contribution >= 4 is 17.7 Å². The third-order valence-corrected chi connectivity index (χ3v) is 10.4. The van der Waals surface area contributed by atoms with Crippen LogP contribution in [0.1, 0.15) is 52.2 Å². The molecule has 3 aliphatic rings. The number of rotatable bonds is 12. The number of nitrogens with zero attached hydrogens (tertiary/aromatic N) is 3. The van der Waals surface area contributed by atoms with Gasteiger partial charge in [-0.1, -0.05) is 79.7 Å². The van der Waals surface area contributed by atoms with Gasteiger partial charge in [-0.25, -0.2) is 0 Å². The van der Waals surface area contributed by atoms with Crippen molar-refractivity contribution in [3.63, 3.8) is 0 Å². The Balaban J connectivity index is 1.63. The summed E-state index contributed by atoms with van der Waals surface area (Å²) in [6, 6.07) is 17.7. The molecule has 3 amide bonds. The number of fused-ring (bicyclic) bond motifs is 1. The molecular formula is C38H49N3O5. The standard InChI is InChI=1S/C38H49N3O5/c1-8-20-39(24-28-18-14-11-15-19-28)33(43)30-31-34(44)41(29(25-42)22-27-16-12-10-13-17-27)32(35(45)40(21-9-2)36(4,5)6)38(31)23-26(3)37(30,7)46-38/h8-19,26,29-32,42H,1-2,20-25H2,3-7H3/t26?,29-,30-,31+,32?,37+,38?/m1/s1. The molecule has 0 radical (unpaired) electrons. The maximum Gasteiger partial charge on any atom is 0.249 e. The number of hydrogen-bond acceptors (Lipinski definition) is 5. The molecule has 3 fully saturated rings. The summed E-state index contributed by atoms with van der Waals surface area (Å²) >= 11 is 0. The van der Waals surface area contributed by atoms with Crippen molar-refractivity contribution in [1.29, 1.82) is 0 Å². The Kier molecular flexibility index (Phi) is 9.35. The van der Waals surface area contributed by atoms with E-state index in [0.29, 0.717) is 25.9 Å². The number of likely N-dealkylation sites (tertiary alicyclic amines) is 1. The van der Waals surface area contributed by atoms with Crippen LogP contribution in [0.15, 0.2) is 86.0 Å². The van der Waals surface area contributed by atoms with Gasteiger partial charge in [0, 0.05) is 25.2 Å². The first kappa shape index (κ1) is 33.6. The van der Waals surface area contributed by atoms with Crippen LogP contribution in [-0.4, -0.2) is 86.0 Å². The second-order valence-electron chi connectivity index (χ2n) is 14.4. The Morgan fingerprint density at radius 2 is 1.61 bits per heavy atom. The molecule has 3 heterocycles. The predicted octanol–water partition coefficient (Wildman–Crippen LogP) is 4.63. The molecule has 3 aliphatic heterocycles. The van der Waals surface area contributed by atoms with E-state index >= 15 is 0 Å². The van der Waals surface area contributed by atoms with Gasteiger partial charge in [-0.05, 0) is 57.6 Å². The van der Waals surface area contributed by atoms with Crippen LogP contribution in [-0.2, 0) is 32.1 Å². The summed E-state index contributed by atoms with van der Waals surface area (Å²) < 4.78 is 7.03. The van der Waals surface area contributed by atoms with Crippen molar-refractivity contribution in [2.75, 3.05) is 19.7 Å². The van der Waals surface area contributed by atoms with E-state index in [1.807, 2.05) is 95.3 Å². The second kappa shape index (κ2) is 12.8. The number of carbonyl (C=O) groups is 3. The molecular weight excluding hydrogens is 578 g/mol. The van der Waals surface area contributed by atoms with Gasteiger partial charge in [0.05, 0.1) is 30.1 Å². The number of aliphatic hydroxyl groups is 1. The molecule has 2 aromatic carbocycles. The van der Waals surface area contributed by atoms with Crippen LogP contribution in [0.25, 0.3) is 0 Å². The van der Waals surface area contributed by atoms with E-state index < -0.39 is 40.7 Å². The highest BCUT2D eigenvalue weighted by Crippen LogP contribution is 2.66. The molecule has 7 atom stereocenters. The highest BCUT2D eigenvalue weighted by molar-refractivity contribution is 5.99. The van der Waals surface area contributed by atoms with Gasteiger partial charge in [0.15, 0.2) is 0 Å². The molecule has 3 saturated heterocycles. The third-order valence-electron chi connectivity index (χ3n) is 10.4. The molecule has 3 unspecified atom stereocenters. The molecule has 0 aliphatic carbocycles. The molecule has 0 aromatic heterocycles. The largest absolute Gasteiger partial charge is 0.394 e. The molecule has 2 bridgehead atoms. The number of benzene rings is 2. The van der Waals surface area contributed by atoms with E-state index in [1.165, 1.54) is 0 Å². The van der Waals surface area contributed by atoms with Crippen LogP contribution in [0, 0.1) is 17.8 Å². The molecule has 8 heteroatoms. The lowest BCUT2D eigenvalue weighted by molar-refractivity contribution is -0.160. The van der Waals surface area contributed by atoms with Crippen LogP contribution in [0.2, 0.25) is 0 Å². The van der Waals surface area contributed by atoms with Gasteiger partial charge in [0.2, 0.25) is 17.7 Å². The van der Waals surface area contributed by atoms with Crippen LogP contribution in [0.5, 0.6) is 0 Å². The topological polar surface area (TPSA) is 90.4 Å². The SMILES string of the molecule is C=CCN(Cc1ccccc1)C(=O)[C@H]1[C@H]2C(=O)N([C@@H](CO)Cc3ccccc3)C(C(=O)N(CC=C)C(C)(C)C)C23CC(C)[C@]1(C)O3. The number of ether oxygens (including phenoxy) is 1. The summed E-state index contributed by atoms with van der Waals surface area (Å²) in [5.74, 6) is -2.56. The highest BCUT2D eigenvalue weighted by Gasteiger charge is 2.80. The van der Waals surface area contributed by atoms with E-state index in [2.05, 4.69) is 13.2 Å². The number of amides is 3. The van der Waals surface area contributed by atoms with Crippen molar-refractivity contribution in [3.8, 4) is 0 Å². The van der Waals surface area contributed by atoms with E-state index in [9.17, 15) is 19.5 Å².